The second kappa shape index (κ2) is 7.21. The third-order valence-corrected chi connectivity index (χ3v) is 2.92. The molecule has 1 saturated heterocycles. The van der Waals surface area contributed by atoms with E-state index in [4.69, 9.17) is 5.11 Å². The van der Waals surface area contributed by atoms with Gasteiger partial charge in [0.2, 0.25) is 0 Å². The number of aliphatic hydroxyl groups is 1. The Hall–Kier alpha value is -0.120. The molecule has 1 fully saturated rings. The van der Waals surface area contributed by atoms with Crippen LogP contribution in [0.1, 0.15) is 32.6 Å². The van der Waals surface area contributed by atoms with Gasteiger partial charge in [-0.1, -0.05) is 6.92 Å². The zero-order chi connectivity index (χ0) is 10.2. The summed E-state index contributed by atoms with van der Waals surface area (Å²) in [6.07, 6.45) is 4.91. The van der Waals surface area contributed by atoms with Gasteiger partial charge in [0.25, 0.3) is 0 Å². The molecule has 0 bridgehead atoms. The Balaban J connectivity index is 1.92. The van der Waals surface area contributed by atoms with Crippen molar-refractivity contribution in [3.63, 3.8) is 0 Å². The summed E-state index contributed by atoms with van der Waals surface area (Å²) in [5.41, 5.74) is 0. The maximum Gasteiger partial charge on any atom is 0.0456 e. The summed E-state index contributed by atoms with van der Waals surface area (Å²) in [6.45, 7) is 5.82. The molecule has 0 aromatic carbocycles. The van der Waals surface area contributed by atoms with Crippen LogP contribution in [0.3, 0.4) is 0 Å². The zero-order valence-electron chi connectivity index (χ0n) is 9.26. The summed E-state index contributed by atoms with van der Waals surface area (Å²) in [5.74, 6) is 0.460. The number of hydrogen-bond donors (Lipinski definition) is 3. The molecule has 0 aliphatic carbocycles. The van der Waals surface area contributed by atoms with E-state index < -0.39 is 0 Å². The molecule has 1 aliphatic heterocycles. The quantitative estimate of drug-likeness (QED) is 0.554. The highest BCUT2D eigenvalue weighted by Crippen LogP contribution is 2.04. The van der Waals surface area contributed by atoms with Crippen molar-refractivity contribution in [3.05, 3.63) is 0 Å². The average Bonchev–Trinajstić information content (AvgIpc) is 2.25. The van der Waals surface area contributed by atoms with Gasteiger partial charge in [-0.25, -0.2) is 0 Å². The van der Waals surface area contributed by atoms with Gasteiger partial charge in [-0.3, -0.25) is 0 Å². The van der Waals surface area contributed by atoms with Crippen molar-refractivity contribution < 1.29 is 5.11 Å². The molecule has 14 heavy (non-hydrogen) atoms. The summed E-state index contributed by atoms with van der Waals surface area (Å²) < 4.78 is 0. The molecule has 84 valence electrons. The van der Waals surface area contributed by atoms with E-state index in [1.54, 1.807) is 0 Å². The Bertz CT molecular complexity index is 135. The van der Waals surface area contributed by atoms with Gasteiger partial charge in [0.05, 0.1) is 0 Å². The van der Waals surface area contributed by atoms with Crippen LogP contribution in [-0.4, -0.2) is 37.4 Å². The van der Waals surface area contributed by atoms with Crippen LogP contribution in [0.2, 0.25) is 0 Å². The molecule has 2 atom stereocenters. The third kappa shape index (κ3) is 4.94. The van der Waals surface area contributed by atoms with Crippen LogP contribution in [0, 0.1) is 5.92 Å². The van der Waals surface area contributed by atoms with E-state index >= 15 is 0 Å². The first-order valence-corrected chi connectivity index (χ1v) is 5.88. The number of nitrogens with one attached hydrogen (secondary N) is 2. The highest BCUT2D eigenvalue weighted by Gasteiger charge is 2.11. The van der Waals surface area contributed by atoms with Crippen LogP contribution >= 0.6 is 0 Å². The smallest absolute Gasteiger partial charge is 0.0456 e. The van der Waals surface area contributed by atoms with E-state index in [-0.39, 0.29) is 0 Å². The molecule has 2 unspecified atom stereocenters. The highest BCUT2D eigenvalue weighted by molar-refractivity contribution is 4.74. The lowest BCUT2D eigenvalue weighted by Crippen LogP contribution is -2.43. The average molecular weight is 200 g/mol. The summed E-state index contributed by atoms with van der Waals surface area (Å²) in [6, 6.07) is 0.674. The molecule has 3 nitrogen and oxygen atoms in total. The van der Waals surface area contributed by atoms with E-state index in [0.29, 0.717) is 18.6 Å². The van der Waals surface area contributed by atoms with E-state index in [0.717, 1.165) is 19.5 Å². The molecule has 1 heterocycles. The standard InChI is InChI=1S/C11H24N2O/c1-10(9-14)4-2-7-13-11-5-3-6-12-8-11/h10-14H,2-9H2,1H3. The number of rotatable bonds is 6. The summed E-state index contributed by atoms with van der Waals surface area (Å²) in [5, 5.41) is 15.8. The molecule has 3 heteroatoms. The largest absolute Gasteiger partial charge is 0.396 e. The topological polar surface area (TPSA) is 44.3 Å². The molecule has 1 aliphatic rings. The van der Waals surface area contributed by atoms with Gasteiger partial charge >= 0.3 is 0 Å². The van der Waals surface area contributed by atoms with Gasteiger partial charge in [0, 0.05) is 19.2 Å². The lowest BCUT2D eigenvalue weighted by atomic mass is 10.1. The molecule has 1 rings (SSSR count). The predicted octanol–water partition coefficient (Wildman–Crippen LogP) is 0.737. The van der Waals surface area contributed by atoms with E-state index in [2.05, 4.69) is 17.6 Å². The molecule has 0 spiro atoms. The Morgan fingerprint density at radius 3 is 3.07 bits per heavy atom. The van der Waals surface area contributed by atoms with Crippen molar-refractivity contribution in [2.75, 3.05) is 26.2 Å². The number of piperidine rings is 1. The Labute approximate surface area is 87.3 Å². The number of hydrogen-bond acceptors (Lipinski definition) is 3. The normalized spacial score (nSPS) is 24.9. The minimum atomic E-state index is 0.324. The van der Waals surface area contributed by atoms with Crippen LogP contribution in [0.15, 0.2) is 0 Å². The van der Waals surface area contributed by atoms with Crippen molar-refractivity contribution in [1.29, 1.82) is 0 Å². The van der Waals surface area contributed by atoms with Crippen molar-refractivity contribution >= 4 is 0 Å². The van der Waals surface area contributed by atoms with Gasteiger partial charge in [-0.15, -0.1) is 0 Å². The van der Waals surface area contributed by atoms with E-state index in [1.165, 1.54) is 25.8 Å². The van der Waals surface area contributed by atoms with Crippen LogP contribution in [0.5, 0.6) is 0 Å². The van der Waals surface area contributed by atoms with Crippen molar-refractivity contribution in [1.82, 2.24) is 10.6 Å². The monoisotopic (exact) mass is 200 g/mol. The lowest BCUT2D eigenvalue weighted by Gasteiger charge is -2.24. The summed E-state index contributed by atoms with van der Waals surface area (Å²) in [4.78, 5) is 0. The van der Waals surface area contributed by atoms with Crippen LogP contribution in [0.25, 0.3) is 0 Å². The molecule has 0 saturated carbocycles. The predicted molar refractivity (Wildman–Crippen MR) is 59.4 cm³/mol. The van der Waals surface area contributed by atoms with Gasteiger partial charge in [0.1, 0.15) is 0 Å². The first-order valence-electron chi connectivity index (χ1n) is 5.88. The van der Waals surface area contributed by atoms with Gasteiger partial charge in [-0.05, 0) is 44.7 Å². The molecule has 0 radical (unpaired) electrons. The van der Waals surface area contributed by atoms with Gasteiger partial charge in [0.15, 0.2) is 0 Å². The van der Waals surface area contributed by atoms with E-state index in [9.17, 15) is 0 Å². The lowest BCUT2D eigenvalue weighted by molar-refractivity contribution is 0.227. The van der Waals surface area contributed by atoms with Crippen molar-refractivity contribution in [2.45, 2.75) is 38.6 Å². The number of aliphatic hydroxyl groups excluding tert-OH is 1. The zero-order valence-corrected chi connectivity index (χ0v) is 9.26. The molecule has 0 aromatic rings. The fraction of sp³-hybridized carbons (Fsp3) is 1.00. The third-order valence-electron chi connectivity index (χ3n) is 2.92. The van der Waals surface area contributed by atoms with E-state index in [1.807, 2.05) is 0 Å². The minimum Gasteiger partial charge on any atom is -0.396 e. The molecular weight excluding hydrogens is 176 g/mol. The second-order valence-electron chi connectivity index (χ2n) is 4.43. The first-order chi connectivity index (χ1) is 6.83. The SMILES string of the molecule is CC(CO)CCCNC1CCCNC1. The Morgan fingerprint density at radius 1 is 1.57 bits per heavy atom. The van der Waals surface area contributed by atoms with Gasteiger partial charge in [-0.2, -0.15) is 0 Å². The summed E-state index contributed by atoms with van der Waals surface area (Å²) in [7, 11) is 0. The fourth-order valence-corrected chi connectivity index (χ4v) is 1.87. The van der Waals surface area contributed by atoms with Crippen molar-refractivity contribution in [2.24, 2.45) is 5.92 Å². The Kier molecular flexibility index (Phi) is 6.15. The summed E-state index contributed by atoms with van der Waals surface area (Å²) >= 11 is 0. The molecule has 3 N–H and O–H groups in total. The maximum absolute atomic E-state index is 8.85. The van der Waals surface area contributed by atoms with Gasteiger partial charge < -0.3 is 15.7 Å². The fourth-order valence-electron chi connectivity index (χ4n) is 1.87. The Morgan fingerprint density at radius 2 is 2.43 bits per heavy atom. The van der Waals surface area contributed by atoms with Crippen molar-refractivity contribution in [3.8, 4) is 0 Å². The first kappa shape index (κ1) is 12.0. The molecule has 0 amide bonds. The highest BCUT2D eigenvalue weighted by atomic mass is 16.3. The van der Waals surface area contributed by atoms with Crippen LogP contribution < -0.4 is 10.6 Å². The van der Waals surface area contributed by atoms with Crippen LogP contribution in [-0.2, 0) is 0 Å². The minimum absolute atomic E-state index is 0.324. The maximum atomic E-state index is 8.85. The molecular formula is C11H24N2O. The van der Waals surface area contributed by atoms with Crippen LogP contribution in [0.4, 0.5) is 0 Å². The molecule has 0 aromatic heterocycles. The second-order valence-corrected chi connectivity index (χ2v) is 4.43.